The second-order valence-electron chi connectivity index (χ2n) is 5.92. The van der Waals surface area contributed by atoms with Crippen molar-refractivity contribution in [2.24, 2.45) is 11.7 Å². The van der Waals surface area contributed by atoms with Gasteiger partial charge in [-0.15, -0.1) is 0 Å². The van der Waals surface area contributed by atoms with E-state index in [1.807, 2.05) is 6.92 Å². The summed E-state index contributed by atoms with van der Waals surface area (Å²) < 4.78 is 0. The van der Waals surface area contributed by atoms with Crippen LogP contribution in [0.1, 0.15) is 51.1 Å². The molecule has 1 fully saturated rings. The highest BCUT2D eigenvalue weighted by Gasteiger charge is 2.22. The van der Waals surface area contributed by atoms with Gasteiger partial charge in [-0.25, -0.2) is 0 Å². The minimum atomic E-state index is 0.124. The van der Waals surface area contributed by atoms with Crippen molar-refractivity contribution in [3.63, 3.8) is 0 Å². The Labute approximate surface area is 111 Å². The summed E-state index contributed by atoms with van der Waals surface area (Å²) >= 11 is 0. The fourth-order valence-electron chi connectivity index (χ4n) is 2.98. The number of anilines is 1. The Hall–Kier alpha value is -1.02. The monoisotopic (exact) mass is 246 g/mol. The maximum Gasteiger partial charge on any atom is 0.0366 e. The number of hydrogen-bond donors (Lipinski definition) is 1. The van der Waals surface area contributed by atoms with E-state index in [-0.39, 0.29) is 6.04 Å². The van der Waals surface area contributed by atoms with E-state index in [1.54, 1.807) is 0 Å². The van der Waals surface area contributed by atoms with Crippen LogP contribution in [0.25, 0.3) is 0 Å². The van der Waals surface area contributed by atoms with Crippen molar-refractivity contribution in [3.05, 3.63) is 29.8 Å². The van der Waals surface area contributed by atoms with Crippen LogP contribution in [-0.4, -0.2) is 13.1 Å². The molecular formula is C16H26N2. The summed E-state index contributed by atoms with van der Waals surface area (Å²) in [4.78, 5) is 2.45. The number of nitrogens with two attached hydrogens (primary N) is 1. The normalized spacial score (nSPS) is 25.8. The zero-order valence-corrected chi connectivity index (χ0v) is 11.9. The molecule has 0 aliphatic heterocycles. The lowest BCUT2D eigenvalue weighted by atomic mass is 9.86. The van der Waals surface area contributed by atoms with E-state index < -0.39 is 0 Å². The minimum Gasteiger partial charge on any atom is -0.372 e. The van der Waals surface area contributed by atoms with E-state index in [0.717, 1.165) is 5.92 Å². The van der Waals surface area contributed by atoms with Crippen LogP contribution in [0.5, 0.6) is 0 Å². The highest BCUT2D eigenvalue weighted by molar-refractivity contribution is 5.48. The third-order valence-electron chi connectivity index (χ3n) is 4.28. The van der Waals surface area contributed by atoms with Gasteiger partial charge in [-0.1, -0.05) is 31.9 Å². The van der Waals surface area contributed by atoms with Crippen LogP contribution in [0, 0.1) is 5.92 Å². The minimum absolute atomic E-state index is 0.124. The van der Waals surface area contributed by atoms with E-state index in [1.165, 1.54) is 36.9 Å². The molecule has 1 aromatic carbocycles. The number of rotatable bonds is 3. The van der Waals surface area contributed by atoms with Gasteiger partial charge in [-0.3, -0.25) is 0 Å². The first kappa shape index (κ1) is 13.4. The molecule has 2 N–H and O–H groups in total. The van der Waals surface area contributed by atoms with E-state index in [0.29, 0.717) is 6.04 Å². The lowest BCUT2D eigenvalue weighted by Crippen LogP contribution is -2.35. The zero-order valence-electron chi connectivity index (χ0n) is 11.9. The number of hydrogen-bond acceptors (Lipinski definition) is 2. The van der Waals surface area contributed by atoms with Gasteiger partial charge < -0.3 is 10.6 Å². The Balaban J connectivity index is 2.05. The van der Waals surface area contributed by atoms with Gasteiger partial charge in [0.25, 0.3) is 0 Å². The summed E-state index contributed by atoms with van der Waals surface area (Å²) in [6.45, 7) is 4.40. The molecule has 3 atom stereocenters. The first-order chi connectivity index (χ1) is 8.58. The molecule has 0 heterocycles. The number of nitrogens with zero attached hydrogens (tertiary/aromatic N) is 1. The lowest BCUT2D eigenvalue weighted by Gasteiger charge is -2.35. The average molecular weight is 246 g/mol. The van der Waals surface area contributed by atoms with Crippen LogP contribution in [0.3, 0.4) is 0 Å². The Morgan fingerprint density at radius 3 is 2.44 bits per heavy atom. The highest BCUT2D eigenvalue weighted by atomic mass is 15.1. The smallest absolute Gasteiger partial charge is 0.0366 e. The SMILES string of the molecule is CC1CCCC(N(C)c2ccc([C@@H](C)N)cc2)C1. The van der Waals surface area contributed by atoms with Crippen LogP contribution < -0.4 is 10.6 Å². The van der Waals surface area contributed by atoms with Gasteiger partial charge >= 0.3 is 0 Å². The quantitative estimate of drug-likeness (QED) is 0.880. The summed E-state index contributed by atoms with van der Waals surface area (Å²) in [5.41, 5.74) is 8.42. The summed E-state index contributed by atoms with van der Waals surface area (Å²) in [7, 11) is 2.23. The molecule has 1 aliphatic carbocycles. The summed E-state index contributed by atoms with van der Waals surface area (Å²) in [5, 5.41) is 0. The van der Waals surface area contributed by atoms with Crippen LogP contribution in [-0.2, 0) is 0 Å². The van der Waals surface area contributed by atoms with Gasteiger partial charge in [0.2, 0.25) is 0 Å². The molecular weight excluding hydrogens is 220 g/mol. The topological polar surface area (TPSA) is 29.3 Å². The van der Waals surface area contributed by atoms with Crippen molar-refractivity contribution >= 4 is 5.69 Å². The largest absolute Gasteiger partial charge is 0.372 e. The van der Waals surface area contributed by atoms with E-state index >= 15 is 0 Å². The Bertz CT molecular complexity index is 369. The molecule has 0 bridgehead atoms. The molecule has 0 aromatic heterocycles. The van der Waals surface area contributed by atoms with Gasteiger partial charge in [0.15, 0.2) is 0 Å². The molecule has 18 heavy (non-hydrogen) atoms. The zero-order chi connectivity index (χ0) is 13.1. The van der Waals surface area contributed by atoms with Gasteiger partial charge in [-0.05, 0) is 43.4 Å². The lowest BCUT2D eigenvalue weighted by molar-refractivity contribution is 0.336. The maximum atomic E-state index is 5.89. The molecule has 0 spiro atoms. The second-order valence-corrected chi connectivity index (χ2v) is 5.92. The molecule has 1 saturated carbocycles. The summed E-state index contributed by atoms with van der Waals surface area (Å²) in [6, 6.07) is 9.55. The molecule has 0 radical (unpaired) electrons. The molecule has 2 heteroatoms. The van der Waals surface area contributed by atoms with Gasteiger partial charge in [0.1, 0.15) is 0 Å². The third kappa shape index (κ3) is 3.05. The molecule has 2 rings (SSSR count). The highest BCUT2D eigenvalue weighted by Crippen LogP contribution is 2.29. The van der Waals surface area contributed by atoms with Crippen molar-refractivity contribution in [2.75, 3.05) is 11.9 Å². The number of benzene rings is 1. The van der Waals surface area contributed by atoms with Crippen molar-refractivity contribution in [3.8, 4) is 0 Å². The average Bonchev–Trinajstić information content (AvgIpc) is 2.38. The van der Waals surface area contributed by atoms with Crippen molar-refractivity contribution in [1.29, 1.82) is 0 Å². The molecule has 0 saturated heterocycles. The van der Waals surface area contributed by atoms with Gasteiger partial charge in [0.05, 0.1) is 0 Å². The van der Waals surface area contributed by atoms with E-state index in [9.17, 15) is 0 Å². The van der Waals surface area contributed by atoms with Crippen LogP contribution in [0.4, 0.5) is 5.69 Å². The fourth-order valence-corrected chi connectivity index (χ4v) is 2.98. The Morgan fingerprint density at radius 1 is 1.22 bits per heavy atom. The molecule has 2 nitrogen and oxygen atoms in total. The first-order valence-electron chi connectivity index (χ1n) is 7.16. The standard InChI is InChI=1S/C16H26N2/c1-12-5-4-6-16(11-12)18(3)15-9-7-14(8-10-15)13(2)17/h7-10,12-13,16H,4-6,11,17H2,1-3H3/t12?,13-,16?/m1/s1. The second kappa shape index (κ2) is 5.75. The molecule has 0 amide bonds. The fraction of sp³-hybridized carbons (Fsp3) is 0.625. The Morgan fingerprint density at radius 2 is 1.89 bits per heavy atom. The van der Waals surface area contributed by atoms with E-state index in [2.05, 4.69) is 43.1 Å². The first-order valence-corrected chi connectivity index (χ1v) is 7.16. The van der Waals surface area contributed by atoms with E-state index in [4.69, 9.17) is 5.73 Å². The third-order valence-corrected chi connectivity index (χ3v) is 4.28. The maximum absolute atomic E-state index is 5.89. The molecule has 1 aliphatic rings. The van der Waals surface area contributed by atoms with Gasteiger partial charge in [-0.2, -0.15) is 0 Å². The summed E-state index contributed by atoms with van der Waals surface area (Å²) in [5.74, 6) is 0.870. The molecule has 100 valence electrons. The van der Waals surface area contributed by atoms with Crippen LogP contribution in [0.2, 0.25) is 0 Å². The van der Waals surface area contributed by atoms with Crippen LogP contribution >= 0.6 is 0 Å². The van der Waals surface area contributed by atoms with Gasteiger partial charge in [0, 0.05) is 24.8 Å². The molecule has 2 unspecified atom stereocenters. The predicted octanol–water partition coefficient (Wildman–Crippen LogP) is 3.72. The predicted molar refractivity (Wildman–Crippen MR) is 78.9 cm³/mol. The van der Waals surface area contributed by atoms with Crippen molar-refractivity contribution in [2.45, 2.75) is 51.6 Å². The Kier molecular flexibility index (Phi) is 4.28. The molecule has 1 aromatic rings. The van der Waals surface area contributed by atoms with Crippen molar-refractivity contribution < 1.29 is 0 Å². The van der Waals surface area contributed by atoms with Crippen LogP contribution in [0.15, 0.2) is 24.3 Å². The van der Waals surface area contributed by atoms with Crippen molar-refractivity contribution in [1.82, 2.24) is 0 Å². The summed E-state index contributed by atoms with van der Waals surface area (Å²) in [6.07, 6.45) is 5.42.